The number of carboxylic acid groups (broad SMARTS) is 4. The van der Waals surface area contributed by atoms with Crippen LogP contribution in [0, 0.1) is 0 Å². The molecule has 7 aromatic heterocycles. The van der Waals surface area contributed by atoms with Gasteiger partial charge in [-0.1, -0.05) is 6.92 Å². The lowest BCUT2D eigenvalue weighted by Gasteiger charge is -2.01. The van der Waals surface area contributed by atoms with Crippen molar-refractivity contribution in [2.45, 2.75) is 51.9 Å². The number of rotatable bonds is 17. The largest absolute Gasteiger partial charge is 0.481 e. The van der Waals surface area contributed by atoms with Crippen molar-refractivity contribution >= 4 is 103 Å². The Morgan fingerprint density at radius 3 is 1.29 bits per heavy atom. The third kappa shape index (κ3) is 8.78. The van der Waals surface area contributed by atoms with E-state index in [0.29, 0.717) is 18.4 Å². The molecule has 0 saturated heterocycles. The third-order valence-electron chi connectivity index (χ3n) is 8.79. The van der Waals surface area contributed by atoms with Gasteiger partial charge in [-0.15, -0.1) is 79.4 Å². The van der Waals surface area contributed by atoms with Crippen LogP contribution in [0.1, 0.15) is 58.1 Å². The molecular weight excluding hydrogens is 833 g/mol. The van der Waals surface area contributed by atoms with Gasteiger partial charge in [-0.3, -0.25) is 14.4 Å². The molecule has 0 radical (unpaired) electrons. The zero-order valence-electron chi connectivity index (χ0n) is 29.1. The van der Waals surface area contributed by atoms with Crippen LogP contribution in [-0.4, -0.2) is 44.3 Å². The Labute approximate surface area is 343 Å². The summed E-state index contributed by atoms with van der Waals surface area (Å²) in [6.45, 7) is 2.16. The summed E-state index contributed by atoms with van der Waals surface area (Å²) in [6.07, 6.45) is 1.84. The molecule has 282 valence electrons. The van der Waals surface area contributed by atoms with E-state index in [4.69, 9.17) is 0 Å². The minimum Gasteiger partial charge on any atom is -0.481 e. The second kappa shape index (κ2) is 16.9. The van der Waals surface area contributed by atoms with Crippen molar-refractivity contribution in [1.29, 1.82) is 0 Å². The van der Waals surface area contributed by atoms with Crippen LogP contribution < -0.4 is 0 Å². The molecule has 0 aliphatic heterocycles. The normalized spacial score (nSPS) is 11.4. The Morgan fingerprint density at radius 1 is 0.455 bits per heavy atom. The van der Waals surface area contributed by atoms with Gasteiger partial charge in [-0.25, -0.2) is 4.79 Å². The van der Waals surface area contributed by atoms with Gasteiger partial charge in [0.05, 0.1) is 0 Å². The molecule has 0 spiro atoms. The van der Waals surface area contributed by atoms with Gasteiger partial charge in [0.1, 0.15) is 4.88 Å². The lowest BCUT2D eigenvalue weighted by atomic mass is 10.1. The van der Waals surface area contributed by atoms with Crippen molar-refractivity contribution < 1.29 is 39.6 Å². The van der Waals surface area contributed by atoms with Gasteiger partial charge in [-0.2, -0.15) is 0 Å². The van der Waals surface area contributed by atoms with Gasteiger partial charge in [0.2, 0.25) is 0 Å². The zero-order valence-corrected chi connectivity index (χ0v) is 34.8. The Morgan fingerprint density at radius 2 is 0.855 bits per heavy atom. The molecule has 8 nitrogen and oxygen atoms in total. The Bertz CT molecular complexity index is 2530. The summed E-state index contributed by atoms with van der Waals surface area (Å²) in [5.74, 6) is -3.74. The molecule has 0 fully saturated rings. The maximum absolute atomic E-state index is 11.8. The maximum Gasteiger partial charge on any atom is 0.345 e. The predicted molar refractivity (Wildman–Crippen MR) is 228 cm³/mol. The van der Waals surface area contributed by atoms with E-state index in [1.54, 1.807) is 62.8 Å². The molecular formula is C40H32O8S7. The average molecular weight is 865 g/mol. The monoisotopic (exact) mass is 864 g/mol. The molecule has 0 aliphatic carbocycles. The molecule has 0 aromatic carbocycles. The lowest BCUT2D eigenvalue weighted by Crippen LogP contribution is -1.97. The van der Waals surface area contributed by atoms with Crippen LogP contribution >= 0.6 is 79.4 Å². The van der Waals surface area contributed by atoms with Crippen LogP contribution in [0.5, 0.6) is 0 Å². The van der Waals surface area contributed by atoms with Gasteiger partial charge < -0.3 is 20.4 Å². The summed E-state index contributed by atoms with van der Waals surface area (Å²) in [5, 5.41) is 40.1. The summed E-state index contributed by atoms with van der Waals surface area (Å²) in [6, 6.07) is 20.3. The first kappa shape index (κ1) is 39.0. The van der Waals surface area contributed by atoms with Crippen molar-refractivity contribution in [1.82, 2.24) is 0 Å². The van der Waals surface area contributed by atoms with E-state index < -0.39 is 23.9 Å². The topological polar surface area (TPSA) is 149 Å². The zero-order chi connectivity index (χ0) is 38.8. The number of hydrogen-bond acceptors (Lipinski definition) is 11. The molecule has 0 atom stereocenters. The predicted octanol–water partition coefficient (Wildman–Crippen LogP) is 12.4. The van der Waals surface area contributed by atoms with Crippen LogP contribution in [0.25, 0.3) is 58.5 Å². The molecule has 0 bridgehead atoms. The van der Waals surface area contributed by atoms with Crippen molar-refractivity contribution in [3.8, 4) is 58.5 Å². The summed E-state index contributed by atoms with van der Waals surface area (Å²) in [5.41, 5.74) is 3.93. The highest BCUT2D eigenvalue weighted by molar-refractivity contribution is 7.31. The smallest absolute Gasteiger partial charge is 0.345 e. The molecule has 7 heterocycles. The van der Waals surface area contributed by atoms with E-state index in [0.717, 1.165) is 77.7 Å². The number of thiophene rings is 7. The molecule has 55 heavy (non-hydrogen) atoms. The summed E-state index contributed by atoms with van der Waals surface area (Å²) < 4.78 is 0. The van der Waals surface area contributed by atoms with E-state index in [2.05, 4.69) is 54.8 Å². The van der Waals surface area contributed by atoms with Gasteiger partial charge >= 0.3 is 23.9 Å². The average Bonchev–Trinajstić information content (AvgIpc) is 3.99. The molecule has 0 unspecified atom stereocenters. The number of aryl methyl sites for hydroxylation is 4. The van der Waals surface area contributed by atoms with Crippen molar-refractivity contribution in [3.63, 3.8) is 0 Å². The maximum atomic E-state index is 11.8. The number of aromatic carboxylic acids is 1. The van der Waals surface area contributed by atoms with Gasteiger partial charge in [-0.05, 0) is 114 Å². The number of carbonyl (C=O) groups is 4. The fraction of sp³-hybridized carbons (Fsp3) is 0.200. The van der Waals surface area contributed by atoms with Gasteiger partial charge in [0, 0.05) is 77.8 Å². The summed E-state index contributed by atoms with van der Waals surface area (Å²) in [7, 11) is 0. The third-order valence-corrected chi connectivity index (χ3v) is 17.6. The van der Waals surface area contributed by atoms with Crippen LogP contribution in [0.15, 0.2) is 66.0 Å². The number of aliphatic carboxylic acids is 3. The summed E-state index contributed by atoms with van der Waals surface area (Å²) >= 11 is 11.0. The Hall–Kier alpha value is -4.22. The fourth-order valence-electron chi connectivity index (χ4n) is 6.14. The minimum absolute atomic E-state index is 0.0307. The fourth-order valence-corrected chi connectivity index (χ4v) is 14.4. The van der Waals surface area contributed by atoms with E-state index >= 15 is 0 Å². The SMILES string of the molecule is CCc1ccsc1-c1ccc(-c2sc(-c3ccc(-c4cc(CCC(=O)O)c(-c5ccc(-c6sc(C(=O)O)cc6CCC(=O)O)s5)s4)s3)cc2CCC(=O)O)s1. The van der Waals surface area contributed by atoms with Crippen LogP contribution in [0.2, 0.25) is 0 Å². The number of hydrogen-bond donors (Lipinski definition) is 4. The summed E-state index contributed by atoms with van der Waals surface area (Å²) in [4.78, 5) is 58.8. The van der Waals surface area contributed by atoms with E-state index in [9.17, 15) is 39.6 Å². The molecule has 7 aromatic rings. The molecule has 0 amide bonds. The molecule has 7 rings (SSSR count). The van der Waals surface area contributed by atoms with Crippen LogP contribution in [0.4, 0.5) is 0 Å². The molecule has 0 saturated carbocycles. The second-order valence-electron chi connectivity index (χ2n) is 12.5. The standard InChI is InChI=1S/C40H32O8S7/c1-2-20-15-16-49-36(20)26-8-9-27(51-26)37-21(3-12-33(41)42)17-30(53-37)24-6-7-25(50-24)31-18-22(4-13-34(43)44)38(54-31)28-10-11-29(52-28)39-23(5-14-35(45)46)19-32(55-39)40(47)48/h6-11,15-19H,2-5,12-14H2,1H3,(H,41,42)(H,43,44)(H,45,46)(H,47,48). The Kier molecular flexibility index (Phi) is 12.0. The van der Waals surface area contributed by atoms with E-state index in [1.165, 1.54) is 26.7 Å². The highest BCUT2D eigenvalue weighted by Crippen LogP contribution is 2.50. The van der Waals surface area contributed by atoms with E-state index in [1.807, 2.05) is 12.1 Å². The minimum atomic E-state index is -1.06. The highest BCUT2D eigenvalue weighted by Gasteiger charge is 2.22. The van der Waals surface area contributed by atoms with E-state index in [-0.39, 0.29) is 30.6 Å². The molecule has 15 heteroatoms. The highest BCUT2D eigenvalue weighted by atomic mass is 32.1. The van der Waals surface area contributed by atoms with Crippen molar-refractivity contribution in [3.05, 3.63) is 93.2 Å². The quantitative estimate of drug-likeness (QED) is 0.0707. The first-order valence-corrected chi connectivity index (χ1v) is 22.9. The van der Waals surface area contributed by atoms with Gasteiger partial charge in [0.25, 0.3) is 0 Å². The molecule has 0 aliphatic rings. The van der Waals surface area contributed by atoms with Crippen molar-refractivity contribution in [2.75, 3.05) is 0 Å². The lowest BCUT2D eigenvalue weighted by molar-refractivity contribution is -0.138. The molecule has 4 N–H and O–H groups in total. The first-order chi connectivity index (χ1) is 26.5. The number of carboxylic acids is 4. The Balaban J connectivity index is 1.21. The van der Waals surface area contributed by atoms with Crippen LogP contribution in [-0.2, 0) is 40.1 Å². The van der Waals surface area contributed by atoms with Crippen molar-refractivity contribution in [2.24, 2.45) is 0 Å². The second-order valence-corrected chi connectivity index (χ2v) is 19.8. The van der Waals surface area contributed by atoms with Gasteiger partial charge in [0.15, 0.2) is 0 Å². The van der Waals surface area contributed by atoms with Crippen LogP contribution in [0.3, 0.4) is 0 Å². The first-order valence-electron chi connectivity index (χ1n) is 17.1.